The lowest BCUT2D eigenvalue weighted by Gasteiger charge is -2.04. The molecule has 0 atom stereocenters. The topological polar surface area (TPSA) is 93.4 Å². The number of aryl methyl sites for hydroxylation is 1. The number of nitriles is 1. The minimum atomic E-state index is 0.486. The van der Waals surface area contributed by atoms with Crippen molar-refractivity contribution in [3.63, 3.8) is 0 Å². The predicted octanol–water partition coefficient (Wildman–Crippen LogP) is 3.61. The van der Waals surface area contributed by atoms with Crippen molar-refractivity contribution in [2.24, 2.45) is 0 Å². The van der Waals surface area contributed by atoms with Gasteiger partial charge in [-0.15, -0.1) is 16.4 Å². The van der Waals surface area contributed by atoms with Crippen molar-refractivity contribution in [1.29, 1.82) is 5.26 Å². The molecule has 4 aromatic rings. The van der Waals surface area contributed by atoms with E-state index in [1.807, 2.05) is 50.2 Å². The first-order chi connectivity index (χ1) is 12.1. The summed E-state index contributed by atoms with van der Waals surface area (Å²) in [5.41, 5.74) is 10.9. The van der Waals surface area contributed by atoms with E-state index in [1.165, 1.54) is 16.9 Å². The van der Waals surface area contributed by atoms with Crippen molar-refractivity contribution >= 4 is 27.2 Å². The number of aromatic nitrogens is 4. The minimum Gasteiger partial charge on any atom is -0.396 e. The monoisotopic (exact) mass is 346 g/mol. The zero-order valence-electron chi connectivity index (χ0n) is 13.7. The molecule has 0 unspecified atom stereocenters. The van der Waals surface area contributed by atoms with Crippen LogP contribution in [0.1, 0.15) is 16.1 Å². The fourth-order valence-electron chi connectivity index (χ4n) is 2.71. The smallest absolute Gasteiger partial charge is 0.134 e. The Morgan fingerprint density at radius 1 is 1.12 bits per heavy atom. The van der Waals surface area contributed by atoms with Crippen LogP contribution in [-0.4, -0.2) is 20.0 Å². The average molecular weight is 346 g/mol. The number of hydrogen-bond donors (Lipinski definition) is 1. The fraction of sp³-hybridized carbons (Fsp3) is 0.111. The summed E-state index contributed by atoms with van der Waals surface area (Å²) >= 11 is 1.29. The Balaban J connectivity index is 1.81. The molecule has 0 saturated carbocycles. The van der Waals surface area contributed by atoms with Gasteiger partial charge >= 0.3 is 0 Å². The van der Waals surface area contributed by atoms with E-state index in [4.69, 9.17) is 11.0 Å². The maximum absolute atomic E-state index is 9.13. The largest absolute Gasteiger partial charge is 0.396 e. The normalized spacial score (nSPS) is 10.9. The quantitative estimate of drug-likeness (QED) is 0.598. The van der Waals surface area contributed by atoms with Crippen molar-refractivity contribution in [2.45, 2.75) is 13.8 Å². The Hall–Kier alpha value is -3.24. The molecule has 6 nitrogen and oxygen atoms in total. The molecule has 1 aromatic carbocycles. The van der Waals surface area contributed by atoms with Gasteiger partial charge in [-0.05, 0) is 38.1 Å². The lowest BCUT2D eigenvalue weighted by atomic mass is 10.2. The van der Waals surface area contributed by atoms with Gasteiger partial charge < -0.3 is 5.73 Å². The van der Waals surface area contributed by atoms with Crippen LogP contribution in [0.25, 0.3) is 27.3 Å². The third-order valence-electron chi connectivity index (χ3n) is 4.11. The first-order valence-electron chi connectivity index (χ1n) is 7.67. The van der Waals surface area contributed by atoms with E-state index >= 15 is 0 Å². The number of hydrogen-bond acceptors (Lipinski definition) is 6. The second kappa shape index (κ2) is 5.69. The van der Waals surface area contributed by atoms with Crippen molar-refractivity contribution in [3.8, 4) is 23.1 Å². The summed E-state index contributed by atoms with van der Waals surface area (Å²) in [6, 6.07) is 14.0. The molecule has 0 aliphatic rings. The van der Waals surface area contributed by atoms with E-state index in [0.29, 0.717) is 22.0 Å². The average Bonchev–Trinajstić information content (AvgIpc) is 3.15. The first kappa shape index (κ1) is 15.3. The van der Waals surface area contributed by atoms with Crippen LogP contribution in [-0.2, 0) is 0 Å². The highest BCUT2D eigenvalue weighted by atomic mass is 32.1. The number of nitrogens with zero attached hydrogens (tertiary/aromatic N) is 5. The van der Waals surface area contributed by atoms with Gasteiger partial charge in [0.25, 0.3) is 0 Å². The van der Waals surface area contributed by atoms with Crippen LogP contribution in [0, 0.1) is 25.2 Å². The van der Waals surface area contributed by atoms with Crippen molar-refractivity contribution < 1.29 is 0 Å². The van der Waals surface area contributed by atoms with Gasteiger partial charge in [-0.3, -0.25) is 0 Å². The van der Waals surface area contributed by atoms with Gasteiger partial charge in [-0.1, -0.05) is 22.9 Å². The van der Waals surface area contributed by atoms with Crippen LogP contribution in [0.5, 0.6) is 0 Å². The van der Waals surface area contributed by atoms with Gasteiger partial charge in [0.2, 0.25) is 0 Å². The van der Waals surface area contributed by atoms with Crippen LogP contribution in [0.3, 0.4) is 0 Å². The summed E-state index contributed by atoms with van der Waals surface area (Å²) in [5.74, 6) is 0. The van der Waals surface area contributed by atoms with E-state index in [1.54, 1.807) is 4.68 Å². The lowest BCUT2D eigenvalue weighted by molar-refractivity contribution is 0.785. The number of rotatable bonds is 2. The maximum atomic E-state index is 9.13. The van der Waals surface area contributed by atoms with E-state index < -0.39 is 0 Å². The molecule has 122 valence electrons. The van der Waals surface area contributed by atoms with Crippen LogP contribution >= 0.6 is 11.3 Å². The SMILES string of the molecule is Cc1ccc(-n2nnc(-c3ccc4c(N)c(C#N)sc4n3)c2C)cc1. The van der Waals surface area contributed by atoms with Crippen LogP contribution in [0.15, 0.2) is 36.4 Å². The highest BCUT2D eigenvalue weighted by Crippen LogP contribution is 2.33. The Labute approximate surface area is 148 Å². The number of benzene rings is 1. The van der Waals surface area contributed by atoms with Gasteiger partial charge in [0.1, 0.15) is 21.5 Å². The maximum Gasteiger partial charge on any atom is 0.134 e. The number of fused-ring (bicyclic) bond motifs is 1. The summed E-state index contributed by atoms with van der Waals surface area (Å²) < 4.78 is 1.80. The first-order valence-corrected chi connectivity index (χ1v) is 8.49. The molecule has 0 radical (unpaired) electrons. The molecular weight excluding hydrogens is 332 g/mol. The molecule has 4 rings (SSSR count). The third-order valence-corrected chi connectivity index (χ3v) is 5.13. The molecule has 0 fully saturated rings. The van der Waals surface area contributed by atoms with Crippen molar-refractivity contribution in [1.82, 2.24) is 20.0 Å². The lowest BCUT2D eigenvalue weighted by Crippen LogP contribution is -1.99. The highest BCUT2D eigenvalue weighted by Gasteiger charge is 2.16. The zero-order chi connectivity index (χ0) is 17.6. The van der Waals surface area contributed by atoms with Gasteiger partial charge in [-0.25, -0.2) is 9.67 Å². The van der Waals surface area contributed by atoms with Crippen molar-refractivity contribution in [3.05, 3.63) is 52.5 Å². The molecule has 0 bridgehead atoms. The predicted molar refractivity (Wildman–Crippen MR) is 98.6 cm³/mol. The Morgan fingerprint density at radius 2 is 1.88 bits per heavy atom. The summed E-state index contributed by atoms with van der Waals surface area (Å²) in [4.78, 5) is 5.85. The molecule has 0 amide bonds. The molecule has 0 aliphatic heterocycles. The van der Waals surface area contributed by atoms with Crippen LogP contribution in [0.2, 0.25) is 0 Å². The fourth-order valence-corrected chi connectivity index (χ4v) is 3.60. The molecular formula is C18H14N6S. The van der Waals surface area contributed by atoms with E-state index in [-0.39, 0.29) is 0 Å². The standard InChI is InChI=1S/C18H14N6S/c1-10-3-5-12(6-4-10)24-11(2)17(22-23-24)14-8-7-13-16(20)15(9-19)25-18(13)21-14/h3-8H,20H2,1-2H3. The van der Waals surface area contributed by atoms with Gasteiger partial charge in [0.15, 0.2) is 0 Å². The molecule has 0 saturated heterocycles. The molecule has 3 aromatic heterocycles. The number of anilines is 1. The molecule has 2 N–H and O–H groups in total. The van der Waals surface area contributed by atoms with Crippen molar-refractivity contribution in [2.75, 3.05) is 5.73 Å². The summed E-state index contributed by atoms with van der Waals surface area (Å²) in [7, 11) is 0. The van der Waals surface area contributed by atoms with Crippen LogP contribution < -0.4 is 5.73 Å². The van der Waals surface area contributed by atoms with E-state index in [0.717, 1.165) is 21.6 Å². The number of thiophene rings is 1. The zero-order valence-corrected chi connectivity index (χ0v) is 14.5. The highest BCUT2D eigenvalue weighted by molar-refractivity contribution is 7.19. The second-order valence-corrected chi connectivity index (χ2v) is 6.78. The van der Waals surface area contributed by atoms with Gasteiger partial charge in [0, 0.05) is 5.39 Å². The van der Waals surface area contributed by atoms with E-state index in [2.05, 4.69) is 21.4 Å². The number of nitrogen functional groups attached to an aromatic ring is 1. The molecule has 0 aliphatic carbocycles. The molecule has 7 heteroatoms. The van der Waals surface area contributed by atoms with Gasteiger partial charge in [-0.2, -0.15) is 5.26 Å². The van der Waals surface area contributed by atoms with E-state index in [9.17, 15) is 0 Å². The number of nitrogens with two attached hydrogens (primary N) is 1. The summed E-state index contributed by atoms with van der Waals surface area (Å²) in [5, 5.41) is 18.5. The second-order valence-electron chi connectivity index (χ2n) is 5.78. The summed E-state index contributed by atoms with van der Waals surface area (Å²) in [6.07, 6.45) is 0. The minimum absolute atomic E-state index is 0.486. The Morgan fingerprint density at radius 3 is 2.60 bits per heavy atom. The molecule has 25 heavy (non-hydrogen) atoms. The van der Waals surface area contributed by atoms with Gasteiger partial charge in [0.05, 0.1) is 22.8 Å². The van der Waals surface area contributed by atoms with Crippen LogP contribution in [0.4, 0.5) is 5.69 Å². The molecule has 0 spiro atoms. The summed E-state index contributed by atoms with van der Waals surface area (Å²) in [6.45, 7) is 4.01. The molecule has 3 heterocycles. The Kier molecular flexibility index (Phi) is 3.48. The Bertz CT molecular complexity index is 1130. The number of pyridine rings is 1. The third kappa shape index (κ3) is 2.44.